The molecule has 4 aliphatic rings. The predicted octanol–water partition coefficient (Wildman–Crippen LogP) is 2.06. The van der Waals surface area contributed by atoms with Gasteiger partial charge in [0.2, 0.25) is 5.91 Å². The normalized spacial score (nSPS) is 43.0. The molecule has 0 aromatic rings. The molecule has 3 nitrogen and oxygen atoms in total. The maximum atomic E-state index is 12.5. The van der Waals surface area contributed by atoms with Crippen molar-refractivity contribution in [2.24, 2.45) is 34.8 Å². The lowest BCUT2D eigenvalue weighted by Gasteiger charge is -2.43. The summed E-state index contributed by atoms with van der Waals surface area (Å²) in [6.07, 6.45) is 10.5. The van der Waals surface area contributed by atoms with Crippen LogP contribution in [0.5, 0.6) is 0 Å². The van der Waals surface area contributed by atoms with Crippen LogP contribution < -0.4 is 11.1 Å². The second kappa shape index (κ2) is 4.21. The lowest BCUT2D eigenvalue weighted by Crippen LogP contribution is -2.49. The van der Waals surface area contributed by atoms with Crippen molar-refractivity contribution in [3.05, 3.63) is 0 Å². The summed E-state index contributed by atoms with van der Waals surface area (Å²) in [6, 6.07) is 0.136. The Hall–Kier alpha value is -0.570. The van der Waals surface area contributed by atoms with E-state index in [1.165, 1.54) is 51.4 Å². The Morgan fingerprint density at radius 2 is 1.89 bits per heavy atom. The monoisotopic (exact) mass is 262 g/mol. The Balaban J connectivity index is 1.36. The van der Waals surface area contributed by atoms with Gasteiger partial charge in [0.1, 0.15) is 0 Å². The molecule has 2 bridgehead atoms. The molecule has 0 saturated heterocycles. The van der Waals surface area contributed by atoms with Crippen LogP contribution in [0, 0.1) is 29.1 Å². The SMILES string of the molecule is N[C@@H]1[C@H]2CC[C@H](C2)[C@@H]1C(=O)NCC1(C2CC2)CCC1. The Bertz CT molecular complexity index is 384. The summed E-state index contributed by atoms with van der Waals surface area (Å²) in [4.78, 5) is 12.5. The molecule has 3 heteroatoms. The number of nitrogens with two attached hydrogens (primary N) is 1. The van der Waals surface area contributed by atoms with E-state index in [4.69, 9.17) is 5.73 Å². The molecule has 0 aliphatic heterocycles. The van der Waals surface area contributed by atoms with Crippen LogP contribution in [0.15, 0.2) is 0 Å². The van der Waals surface area contributed by atoms with E-state index < -0.39 is 0 Å². The van der Waals surface area contributed by atoms with Crippen LogP contribution in [0.1, 0.15) is 51.4 Å². The molecule has 19 heavy (non-hydrogen) atoms. The smallest absolute Gasteiger partial charge is 0.224 e. The molecule has 0 spiro atoms. The first kappa shape index (κ1) is 12.2. The van der Waals surface area contributed by atoms with Gasteiger partial charge in [-0.3, -0.25) is 4.79 Å². The second-order valence-corrected chi connectivity index (χ2v) is 7.64. The number of hydrogen-bond donors (Lipinski definition) is 2. The first-order valence-corrected chi connectivity index (χ1v) is 8.23. The molecule has 106 valence electrons. The van der Waals surface area contributed by atoms with Crippen LogP contribution in [0.25, 0.3) is 0 Å². The first-order chi connectivity index (χ1) is 9.20. The van der Waals surface area contributed by atoms with E-state index in [1.807, 2.05) is 0 Å². The summed E-state index contributed by atoms with van der Waals surface area (Å²) >= 11 is 0. The minimum Gasteiger partial charge on any atom is -0.355 e. The van der Waals surface area contributed by atoms with E-state index in [1.54, 1.807) is 0 Å². The molecule has 4 aliphatic carbocycles. The van der Waals surface area contributed by atoms with Crippen molar-refractivity contribution in [1.29, 1.82) is 0 Å². The van der Waals surface area contributed by atoms with Crippen molar-refractivity contribution in [3.63, 3.8) is 0 Å². The van der Waals surface area contributed by atoms with Gasteiger partial charge in [0.05, 0.1) is 5.92 Å². The number of amides is 1. The average molecular weight is 262 g/mol. The maximum Gasteiger partial charge on any atom is 0.224 e. The highest BCUT2D eigenvalue weighted by Crippen LogP contribution is 2.56. The molecule has 4 saturated carbocycles. The summed E-state index contributed by atoms with van der Waals surface area (Å²) in [5.41, 5.74) is 6.75. The van der Waals surface area contributed by atoms with Crippen molar-refractivity contribution < 1.29 is 4.79 Å². The van der Waals surface area contributed by atoms with Gasteiger partial charge >= 0.3 is 0 Å². The van der Waals surface area contributed by atoms with Crippen LogP contribution in [0.3, 0.4) is 0 Å². The summed E-state index contributed by atoms with van der Waals surface area (Å²) in [7, 11) is 0. The zero-order valence-electron chi connectivity index (χ0n) is 11.7. The van der Waals surface area contributed by atoms with Gasteiger partial charge in [0, 0.05) is 12.6 Å². The van der Waals surface area contributed by atoms with Gasteiger partial charge in [0.15, 0.2) is 0 Å². The molecule has 0 radical (unpaired) electrons. The zero-order chi connectivity index (χ0) is 13.0. The summed E-state index contributed by atoms with van der Waals surface area (Å²) < 4.78 is 0. The van der Waals surface area contributed by atoms with Crippen LogP contribution in [0.2, 0.25) is 0 Å². The molecule has 0 unspecified atom stereocenters. The van der Waals surface area contributed by atoms with E-state index in [-0.39, 0.29) is 17.9 Å². The molecule has 0 aromatic carbocycles. The molecule has 3 N–H and O–H groups in total. The minimum atomic E-state index is 0.120. The van der Waals surface area contributed by atoms with Crippen LogP contribution >= 0.6 is 0 Å². The highest BCUT2D eigenvalue weighted by Gasteiger charge is 2.51. The number of rotatable bonds is 4. The third-order valence-corrected chi connectivity index (χ3v) is 6.69. The van der Waals surface area contributed by atoms with Gasteiger partial charge < -0.3 is 11.1 Å². The molecule has 0 aromatic heterocycles. The molecular weight excluding hydrogens is 236 g/mol. The van der Waals surface area contributed by atoms with Crippen LogP contribution in [0.4, 0.5) is 0 Å². The largest absolute Gasteiger partial charge is 0.355 e. The van der Waals surface area contributed by atoms with E-state index in [0.29, 0.717) is 17.3 Å². The van der Waals surface area contributed by atoms with Crippen molar-refractivity contribution in [3.8, 4) is 0 Å². The topological polar surface area (TPSA) is 55.1 Å². The van der Waals surface area contributed by atoms with Crippen LogP contribution in [-0.4, -0.2) is 18.5 Å². The molecular formula is C16H26N2O. The second-order valence-electron chi connectivity index (χ2n) is 7.64. The van der Waals surface area contributed by atoms with Gasteiger partial charge in [-0.05, 0) is 68.1 Å². The van der Waals surface area contributed by atoms with Crippen molar-refractivity contribution in [1.82, 2.24) is 5.32 Å². The highest BCUT2D eigenvalue weighted by atomic mass is 16.2. The van der Waals surface area contributed by atoms with Gasteiger partial charge in [-0.25, -0.2) is 0 Å². The van der Waals surface area contributed by atoms with Gasteiger partial charge in [-0.15, -0.1) is 0 Å². The van der Waals surface area contributed by atoms with Crippen molar-refractivity contribution in [2.75, 3.05) is 6.54 Å². The number of carbonyl (C=O) groups is 1. The van der Waals surface area contributed by atoms with E-state index in [0.717, 1.165) is 12.5 Å². The number of nitrogens with one attached hydrogen (secondary N) is 1. The van der Waals surface area contributed by atoms with Crippen molar-refractivity contribution in [2.45, 2.75) is 57.4 Å². The van der Waals surface area contributed by atoms with E-state index in [2.05, 4.69) is 5.32 Å². The van der Waals surface area contributed by atoms with Gasteiger partial charge in [0.25, 0.3) is 0 Å². The van der Waals surface area contributed by atoms with Gasteiger partial charge in [-0.1, -0.05) is 6.42 Å². The number of fused-ring (bicyclic) bond motifs is 2. The first-order valence-electron chi connectivity index (χ1n) is 8.23. The molecule has 0 heterocycles. The number of carbonyl (C=O) groups excluding carboxylic acids is 1. The summed E-state index contributed by atoms with van der Waals surface area (Å²) in [5, 5.41) is 3.29. The quantitative estimate of drug-likeness (QED) is 0.815. The standard InChI is InChI=1S/C16H26N2O/c17-14-11-3-2-10(8-11)13(14)15(19)18-9-16(6-1-7-16)12-4-5-12/h10-14H,1-9,17H2,(H,18,19)/t10-,11+,13+,14-/m1/s1. The Morgan fingerprint density at radius 3 is 2.42 bits per heavy atom. The summed E-state index contributed by atoms with van der Waals surface area (Å²) in [5.74, 6) is 2.51. The fraction of sp³-hybridized carbons (Fsp3) is 0.938. The van der Waals surface area contributed by atoms with Crippen LogP contribution in [-0.2, 0) is 4.79 Å². The van der Waals surface area contributed by atoms with Crippen molar-refractivity contribution >= 4 is 5.91 Å². The zero-order valence-corrected chi connectivity index (χ0v) is 11.7. The maximum absolute atomic E-state index is 12.5. The van der Waals surface area contributed by atoms with Gasteiger partial charge in [-0.2, -0.15) is 0 Å². The Kier molecular flexibility index (Phi) is 2.70. The third-order valence-electron chi connectivity index (χ3n) is 6.69. The van der Waals surface area contributed by atoms with E-state index in [9.17, 15) is 4.79 Å². The lowest BCUT2D eigenvalue weighted by atomic mass is 9.65. The number of hydrogen-bond acceptors (Lipinski definition) is 2. The molecule has 4 rings (SSSR count). The fourth-order valence-electron chi connectivity index (χ4n) is 5.16. The molecule has 4 fully saturated rings. The minimum absolute atomic E-state index is 0.120. The predicted molar refractivity (Wildman–Crippen MR) is 74.3 cm³/mol. The molecule has 1 amide bonds. The third kappa shape index (κ3) is 1.84. The highest BCUT2D eigenvalue weighted by molar-refractivity contribution is 5.80. The average Bonchev–Trinajstić information content (AvgIpc) is 2.99. The Morgan fingerprint density at radius 1 is 1.16 bits per heavy atom. The Labute approximate surface area is 115 Å². The summed E-state index contributed by atoms with van der Waals surface area (Å²) in [6.45, 7) is 0.928. The molecule has 4 atom stereocenters. The van der Waals surface area contributed by atoms with E-state index >= 15 is 0 Å². The lowest BCUT2D eigenvalue weighted by molar-refractivity contribution is -0.128. The fourth-order valence-corrected chi connectivity index (χ4v) is 5.16.